The van der Waals surface area contributed by atoms with Crippen LogP contribution in [0.5, 0.6) is 0 Å². The number of ether oxygens (including phenoxy) is 7. The molecular weight excluding hydrogens is 1200 g/mol. The van der Waals surface area contributed by atoms with Crippen LogP contribution in [-0.2, 0) is 76.3 Å². The van der Waals surface area contributed by atoms with Crippen LogP contribution < -0.4 is 16.8 Å². The summed E-state index contributed by atoms with van der Waals surface area (Å²) in [5, 5.41) is 40.8. The van der Waals surface area contributed by atoms with E-state index >= 15 is 0 Å². The summed E-state index contributed by atoms with van der Waals surface area (Å²) < 4.78 is 34.7. The van der Waals surface area contributed by atoms with Gasteiger partial charge in [0.1, 0.15) is 59.1 Å². The number of unbranched alkanes of at least 4 members (excludes halogenated alkanes) is 1. The third kappa shape index (κ3) is 70.6. The summed E-state index contributed by atoms with van der Waals surface area (Å²) in [6.07, 6.45) is -1.41. The second kappa shape index (κ2) is 66.6. The lowest BCUT2D eigenvalue weighted by Crippen LogP contribution is -2.59. The van der Waals surface area contributed by atoms with Gasteiger partial charge in [0.05, 0.1) is 72.4 Å². The predicted octanol–water partition coefficient (Wildman–Crippen LogP) is 7.18. The highest BCUT2D eigenvalue weighted by atomic mass is 16.7. The van der Waals surface area contributed by atoms with Crippen molar-refractivity contribution < 1.29 is 96.7 Å². The van der Waals surface area contributed by atoms with Gasteiger partial charge in [-0.1, -0.05) is 138 Å². The van der Waals surface area contributed by atoms with E-state index in [2.05, 4.69) is 42.6 Å². The number of morpholine rings is 1. The van der Waals surface area contributed by atoms with E-state index in [9.17, 15) is 58.5 Å². The molecule has 2 heterocycles. The second-order valence-electron chi connectivity index (χ2n) is 25.8. The van der Waals surface area contributed by atoms with Crippen molar-refractivity contribution in [3.63, 3.8) is 0 Å². The first kappa shape index (κ1) is 102. The van der Waals surface area contributed by atoms with Crippen LogP contribution in [0.1, 0.15) is 197 Å². The first-order valence-corrected chi connectivity index (χ1v) is 33.4. The van der Waals surface area contributed by atoms with Gasteiger partial charge >= 0.3 is 5.97 Å². The number of methoxy groups -OCH3 is 3. The Bertz CT molecular complexity index is 1830. The lowest BCUT2D eigenvalue weighted by Gasteiger charge is -2.39. The monoisotopic (exact) mass is 1340 g/mol. The summed E-state index contributed by atoms with van der Waals surface area (Å²) in [5.41, 5.74) is 9.82. The predicted molar refractivity (Wildman–Crippen MR) is 366 cm³/mol. The van der Waals surface area contributed by atoms with Gasteiger partial charge in [0.15, 0.2) is 6.29 Å². The van der Waals surface area contributed by atoms with Crippen LogP contribution in [0.15, 0.2) is 0 Å². The number of nitrogens with zero attached hydrogens (tertiary/aromatic N) is 1. The highest BCUT2D eigenvalue weighted by molar-refractivity contribution is 5.82. The van der Waals surface area contributed by atoms with Crippen molar-refractivity contribution in [3.05, 3.63) is 0 Å². The van der Waals surface area contributed by atoms with E-state index in [-0.39, 0.29) is 114 Å². The zero-order valence-electron chi connectivity index (χ0n) is 62.4. The van der Waals surface area contributed by atoms with Crippen LogP contribution in [0.25, 0.3) is 0 Å². The molecule has 24 heteroatoms. The number of nitrogens with two attached hydrogens (primary N) is 2. The number of aliphatic hydroxyl groups excluding tert-OH is 4. The van der Waals surface area contributed by atoms with Gasteiger partial charge in [-0.3, -0.25) is 48.1 Å². The van der Waals surface area contributed by atoms with Crippen LogP contribution in [0.3, 0.4) is 0 Å². The van der Waals surface area contributed by atoms with E-state index in [0.29, 0.717) is 77.2 Å². The molecule has 0 bridgehead atoms. The third-order valence-electron chi connectivity index (χ3n) is 13.3. The molecule has 93 heavy (non-hydrogen) atoms. The maximum atomic E-state index is 11.7. The Labute approximate surface area is 562 Å². The van der Waals surface area contributed by atoms with E-state index in [0.717, 1.165) is 44.7 Å². The number of hydrogen-bond donors (Lipinski definition) is 7. The topological polar surface area (TPSA) is 366 Å². The number of carbonyl (C=O) groups excluding carboxylic acids is 9. The van der Waals surface area contributed by atoms with Gasteiger partial charge in [-0.15, -0.1) is 0 Å². The smallest absolute Gasteiger partial charge is 0.308 e. The van der Waals surface area contributed by atoms with Crippen molar-refractivity contribution in [1.29, 1.82) is 0 Å². The number of aliphatic hydroxyl groups is 4. The van der Waals surface area contributed by atoms with Crippen molar-refractivity contribution in [1.82, 2.24) is 10.2 Å². The fourth-order valence-electron chi connectivity index (χ4n) is 6.53. The lowest BCUT2D eigenvalue weighted by atomic mass is 9.99. The van der Waals surface area contributed by atoms with Crippen LogP contribution >= 0.6 is 0 Å². The molecule has 0 unspecified atom stereocenters. The molecule has 0 aromatic heterocycles. The molecule has 2 aliphatic rings. The van der Waals surface area contributed by atoms with Gasteiger partial charge in [0.25, 0.3) is 0 Å². The maximum absolute atomic E-state index is 11.7. The van der Waals surface area contributed by atoms with Gasteiger partial charge in [0.2, 0.25) is 11.8 Å². The quantitative estimate of drug-likeness (QED) is 0.0252. The average molecular weight is 1340 g/mol. The molecule has 9 N–H and O–H groups in total. The molecule has 24 nitrogen and oxygen atoms in total. The molecular formula is C69H138N4O20. The minimum Gasteiger partial charge on any atom is -0.469 e. The Morgan fingerprint density at radius 1 is 0.527 bits per heavy atom. The summed E-state index contributed by atoms with van der Waals surface area (Å²) in [4.78, 5) is 99.4. The van der Waals surface area contributed by atoms with E-state index < -0.39 is 37.3 Å². The van der Waals surface area contributed by atoms with Gasteiger partial charge in [-0.2, -0.15) is 0 Å². The molecule has 0 radical (unpaired) electrons. The minimum atomic E-state index is -1.49. The van der Waals surface area contributed by atoms with Crippen molar-refractivity contribution in [3.8, 4) is 0 Å². The zero-order valence-corrected chi connectivity index (χ0v) is 62.4. The molecule has 0 aromatic rings. The van der Waals surface area contributed by atoms with Crippen molar-refractivity contribution >= 4 is 52.5 Å². The molecule has 2 saturated heterocycles. The number of Topliss-reactive ketones (excluding diaryl/α,β-unsaturated/α-hetero) is 6. The van der Waals surface area contributed by atoms with Gasteiger partial charge < -0.3 is 70.4 Å². The van der Waals surface area contributed by atoms with Crippen molar-refractivity contribution in [2.45, 2.75) is 227 Å². The average Bonchev–Trinajstić information content (AvgIpc) is 0.906. The summed E-state index contributed by atoms with van der Waals surface area (Å²) in [6, 6.07) is 0. The number of amides is 2. The highest BCUT2D eigenvalue weighted by Gasteiger charge is 2.44. The molecule has 2 rings (SSSR count). The Hall–Kier alpha value is -4.05. The Morgan fingerprint density at radius 3 is 1.28 bits per heavy atom. The van der Waals surface area contributed by atoms with Crippen molar-refractivity contribution in [2.24, 2.45) is 70.6 Å². The fraction of sp³-hybridized carbons (Fsp3) is 0.870. The van der Waals surface area contributed by atoms with Gasteiger partial charge in [-0.25, -0.2) is 0 Å². The summed E-state index contributed by atoms with van der Waals surface area (Å²) in [5.74, 6) is 3.45. The molecule has 554 valence electrons. The molecule has 5 atom stereocenters. The largest absolute Gasteiger partial charge is 0.469 e. The number of hydrogen-bond acceptors (Lipinski definition) is 22. The number of carbonyl (C=O) groups is 9. The number of nitrogens with one attached hydrogen (secondary N) is 1. The Kier molecular flexibility index (Phi) is 73.3. The number of esters is 1. The second-order valence-corrected chi connectivity index (χ2v) is 25.8. The Morgan fingerprint density at radius 2 is 0.946 bits per heavy atom. The van der Waals surface area contributed by atoms with E-state index in [4.69, 9.17) is 45.0 Å². The first-order chi connectivity index (χ1) is 43.1. The molecule has 2 aliphatic heterocycles. The molecule has 0 aliphatic carbocycles. The maximum Gasteiger partial charge on any atom is 0.308 e. The molecule has 0 aromatic carbocycles. The SMILES string of the molecule is CC(=O)C(C)C.CC(C)C(=O)CCCCC(=O)NCCO[C@@H]1O[C@H](CO)[C@@H](O)[C@H](O)[C@H]1O.CC(C)C(=O)CCN1CCOCC1.CC(C)C(=O)CN.CC(C)C(N)=O.CC(C)CC(C)C.COC(=O)C(C)C.COCCC(=O)C(C)C.COCCOCCC(=O)C(C)C. The van der Waals surface area contributed by atoms with Gasteiger partial charge in [0, 0.05) is 114 Å². The number of ketones is 6. The highest BCUT2D eigenvalue weighted by Crippen LogP contribution is 2.22. The van der Waals surface area contributed by atoms with Gasteiger partial charge in [-0.05, 0) is 38.0 Å². The Balaban J connectivity index is -0.000000190. The summed E-state index contributed by atoms with van der Waals surface area (Å²) >= 11 is 0. The van der Waals surface area contributed by atoms with Crippen LogP contribution in [0.4, 0.5) is 0 Å². The summed E-state index contributed by atoms with van der Waals surface area (Å²) in [7, 11) is 4.62. The number of rotatable bonds is 33. The standard InChI is InChI=1S/C17H31NO8.C10H19NO2.C9H18O3.C7H14O2.C7H16.C5H11NO.C5H10O2.C5H10O.C4H9NO/c1-10(2)11(20)5-3-4-6-13(21)18-7-8-25-17-16(24)15(23)14(22)12(9-19)26-17;1-9(2)10(12)3-4-11-5-7-13-8-6-11;1-8(2)9(10)4-5-12-7-6-11-3;1-6(2)7(8)4-5-9-3;1-6(2)5-7(3)4;1-4(2)5(7)3-6;1-4(2)5(6)7-3;1-4(2)5(3)6;1-3(2)4(5)6/h10,12,14-17,19,22-24H,3-9H2,1-2H3,(H,18,21);9H,3-8H2,1-2H3;8H,4-7H2,1-3H3;6H,4-5H2,1-3H3;6-7H,5H2,1-4H3;4H,3,6H2,1-2H3;4H,1-3H3;4H,1-3H3;3H,1-2H3,(H2,5,6)/t12-,14-,15+,16-,17-;;;;;;;;/m1......../s1. The van der Waals surface area contributed by atoms with E-state index in [1.807, 2.05) is 83.1 Å². The van der Waals surface area contributed by atoms with Crippen LogP contribution in [-0.4, -0.2) is 215 Å². The third-order valence-corrected chi connectivity index (χ3v) is 13.3. The van der Waals surface area contributed by atoms with Crippen molar-refractivity contribution in [2.75, 3.05) is 107 Å². The molecule has 0 spiro atoms. The number of primary amides is 1. The fourth-order valence-corrected chi connectivity index (χ4v) is 6.53. The summed E-state index contributed by atoms with van der Waals surface area (Å²) in [6.45, 7) is 47.1. The van der Waals surface area contributed by atoms with E-state index in [1.54, 1.807) is 48.8 Å². The van der Waals surface area contributed by atoms with Crippen LogP contribution in [0.2, 0.25) is 0 Å². The van der Waals surface area contributed by atoms with Crippen LogP contribution in [0, 0.1) is 59.2 Å². The first-order valence-electron chi connectivity index (χ1n) is 33.4. The molecule has 2 amide bonds. The zero-order chi connectivity index (χ0) is 73.9. The normalized spacial score (nSPS) is 16.6. The molecule has 2 fully saturated rings. The minimum absolute atomic E-state index is 0.00463. The lowest BCUT2D eigenvalue weighted by molar-refractivity contribution is -0.300. The van der Waals surface area contributed by atoms with E-state index in [1.165, 1.54) is 13.5 Å². The molecule has 0 saturated carbocycles.